The Hall–Kier alpha value is -0.520. The summed E-state index contributed by atoms with van der Waals surface area (Å²) in [7, 11) is 0. The van der Waals surface area contributed by atoms with Gasteiger partial charge in [-0.05, 0) is 26.2 Å². The van der Waals surface area contributed by atoms with Crippen molar-refractivity contribution in [2.45, 2.75) is 40.5 Å². The number of rotatable bonds is 4. The van der Waals surface area contributed by atoms with Crippen LogP contribution in [0, 0.1) is 5.92 Å². The fourth-order valence-electron chi connectivity index (χ4n) is 0.989. The fourth-order valence-corrected chi connectivity index (χ4v) is 0.989. The highest BCUT2D eigenvalue weighted by molar-refractivity contribution is 5.08. The minimum Gasteiger partial charge on any atom is -0.0817 e. The smallest absolute Gasteiger partial charge is 0.0259 e. The Morgan fingerprint density at radius 3 is 2.45 bits per heavy atom. The van der Waals surface area contributed by atoms with E-state index in [2.05, 4.69) is 45.9 Å². The maximum absolute atomic E-state index is 2.27. The molecule has 0 aromatic carbocycles. The summed E-state index contributed by atoms with van der Waals surface area (Å²) in [6, 6.07) is 0. The first kappa shape index (κ1) is 10.5. The van der Waals surface area contributed by atoms with E-state index in [-0.39, 0.29) is 0 Å². The summed E-state index contributed by atoms with van der Waals surface area (Å²) in [5, 5.41) is 0. The van der Waals surface area contributed by atoms with E-state index in [0.29, 0.717) is 0 Å². The molecule has 0 bridgehead atoms. The van der Waals surface area contributed by atoms with E-state index in [9.17, 15) is 0 Å². The molecule has 0 saturated heterocycles. The van der Waals surface area contributed by atoms with Gasteiger partial charge in [0.1, 0.15) is 0 Å². The van der Waals surface area contributed by atoms with E-state index in [4.69, 9.17) is 0 Å². The van der Waals surface area contributed by atoms with Crippen LogP contribution in [0.1, 0.15) is 40.5 Å². The van der Waals surface area contributed by atoms with Crippen molar-refractivity contribution in [3.63, 3.8) is 0 Å². The van der Waals surface area contributed by atoms with E-state index < -0.39 is 0 Å². The van der Waals surface area contributed by atoms with Gasteiger partial charge in [-0.3, -0.25) is 0 Å². The van der Waals surface area contributed by atoms with Gasteiger partial charge in [0.05, 0.1) is 0 Å². The molecule has 64 valence electrons. The molecule has 0 aliphatic carbocycles. The fraction of sp³-hybridized carbons (Fsp3) is 0.636. The Labute approximate surface area is 71.0 Å². The summed E-state index contributed by atoms with van der Waals surface area (Å²) in [5.74, 6) is 0.732. The van der Waals surface area contributed by atoms with Crippen LogP contribution in [0.2, 0.25) is 0 Å². The molecule has 0 fully saturated rings. The van der Waals surface area contributed by atoms with Crippen molar-refractivity contribution in [1.29, 1.82) is 0 Å². The molecule has 0 spiro atoms. The molecule has 1 atom stereocenters. The van der Waals surface area contributed by atoms with Crippen molar-refractivity contribution >= 4 is 0 Å². The number of hydrogen-bond donors (Lipinski definition) is 0. The summed E-state index contributed by atoms with van der Waals surface area (Å²) in [5.41, 5.74) is 1.37. The van der Waals surface area contributed by atoms with Gasteiger partial charge in [-0.1, -0.05) is 44.1 Å². The second-order valence-corrected chi connectivity index (χ2v) is 3.39. The quantitative estimate of drug-likeness (QED) is 0.535. The molecular weight excluding hydrogens is 132 g/mol. The Bertz CT molecular complexity index is 136. The second-order valence-electron chi connectivity index (χ2n) is 3.39. The van der Waals surface area contributed by atoms with E-state index in [0.717, 1.165) is 5.92 Å². The van der Waals surface area contributed by atoms with Gasteiger partial charge >= 0.3 is 0 Å². The maximum Gasteiger partial charge on any atom is -0.0259 e. The zero-order valence-corrected chi connectivity index (χ0v) is 8.22. The highest BCUT2D eigenvalue weighted by Crippen LogP contribution is 2.06. The Morgan fingerprint density at radius 1 is 1.36 bits per heavy atom. The van der Waals surface area contributed by atoms with Crippen LogP contribution in [-0.4, -0.2) is 0 Å². The average Bonchev–Trinajstić information content (AvgIpc) is 1.87. The van der Waals surface area contributed by atoms with E-state index in [1.165, 1.54) is 18.4 Å². The first-order chi connectivity index (χ1) is 5.16. The van der Waals surface area contributed by atoms with Gasteiger partial charge in [-0.2, -0.15) is 0 Å². The highest BCUT2D eigenvalue weighted by Gasteiger charge is 1.91. The van der Waals surface area contributed by atoms with E-state index in [1.54, 1.807) is 0 Å². The van der Waals surface area contributed by atoms with Crippen LogP contribution < -0.4 is 0 Å². The van der Waals surface area contributed by atoms with Crippen molar-refractivity contribution in [3.05, 3.63) is 23.8 Å². The van der Waals surface area contributed by atoms with Crippen LogP contribution in [0.3, 0.4) is 0 Å². The zero-order valence-electron chi connectivity index (χ0n) is 8.22. The van der Waals surface area contributed by atoms with Crippen LogP contribution in [0.25, 0.3) is 0 Å². The molecule has 0 rings (SSSR count). The average molecular weight is 152 g/mol. The Balaban J connectivity index is 3.64. The largest absolute Gasteiger partial charge is 0.0817 e. The van der Waals surface area contributed by atoms with Gasteiger partial charge in [0.15, 0.2) is 0 Å². The molecule has 11 heavy (non-hydrogen) atoms. The second kappa shape index (κ2) is 6.21. The molecule has 0 saturated carbocycles. The lowest BCUT2D eigenvalue weighted by molar-refractivity contribution is 0.634. The molecule has 0 aliphatic rings. The van der Waals surface area contributed by atoms with Crippen LogP contribution >= 0.6 is 0 Å². The van der Waals surface area contributed by atoms with Gasteiger partial charge < -0.3 is 0 Å². The third kappa shape index (κ3) is 7.38. The molecule has 0 nitrogen and oxygen atoms in total. The lowest BCUT2D eigenvalue weighted by Gasteiger charge is -2.00. The SMILES string of the molecule is CCCC(C)C=CC=C(C)C. The standard InChI is InChI=1S/C11H20/c1-5-7-11(4)9-6-8-10(2)3/h6,8-9,11H,5,7H2,1-4H3. The van der Waals surface area contributed by atoms with Crippen molar-refractivity contribution in [2.24, 2.45) is 5.92 Å². The van der Waals surface area contributed by atoms with Crippen LogP contribution in [0.4, 0.5) is 0 Å². The first-order valence-corrected chi connectivity index (χ1v) is 4.48. The predicted molar refractivity (Wildman–Crippen MR) is 52.6 cm³/mol. The van der Waals surface area contributed by atoms with Gasteiger partial charge in [0.2, 0.25) is 0 Å². The van der Waals surface area contributed by atoms with Crippen LogP contribution in [0.5, 0.6) is 0 Å². The van der Waals surface area contributed by atoms with Gasteiger partial charge in [0, 0.05) is 0 Å². The molecule has 0 N–H and O–H groups in total. The molecule has 0 aliphatic heterocycles. The Kier molecular flexibility index (Phi) is 5.91. The molecule has 1 unspecified atom stereocenters. The molecule has 0 radical (unpaired) electrons. The Morgan fingerprint density at radius 2 is 2.00 bits per heavy atom. The minimum absolute atomic E-state index is 0.732. The minimum atomic E-state index is 0.732. The molecule has 0 amide bonds. The maximum atomic E-state index is 2.27. The molecule has 0 aromatic rings. The molecule has 0 heterocycles. The normalized spacial score (nSPS) is 13.5. The van der Waals surface area contributed by atoms with Crippen molar-refractivity contribution in [3.8, 4) is 0 Å². The highest BCUT2D eigenvalue weighted by atomic mass is 14.0. The topological polar surface area (TPSA) is 0 Å². The van der Waals surface area contributed by atoms with Crippen molar-refractivity contribution in [2.75, 3.05) is 0 Å². The van der Waals surface area contributed by atoms with Gasteiger partial charge in [-0.25, -0.2) is 0 Å². The van der Waals surface area contributed by atoms with Crippen molar-refractivity contribution in [1.82, 2.24) is 0 Å². The third-order valence-electron chi connectivity index (χ3n) is 1.61. The third-order valence-corrected chi connectivity index (χ3v) is 1.61. The zero-order chi connectivity index (χ0) is 8.69. The van der Waals surface area contributed by atoms with Gasteiger partial charge in [-0.15, -0.1) is 0 Å². The number of allylic oxidation sites excluding steroid dienone is 4. The van der Waals surface area contributed by atoms with Crippen molar-refractivity contribution < 1.29 is 0 Å². The summed E-state index contributed by atoms with van der Waals surface area (Å²) < 4.78 is 0. The number of hydrogen-bond acceptors (Lipinski definition) is 0. The summed E-state index contributed by atoms with van der Waals surface area (Å²) >= 11 is 0. The van der Waals surface area contributed by atoms with Gasteiger partial charge in [0.25, 0.3) is 0 Å². The first-order valence-electron chi connectivity index (χ1n) is 4.48. The lowest BCUT2D eigenvalue weighted by Crippen LogP contribution is -1.86. The summed E-state index contributed by atoms with van der Waals surface area (Å²) in [6.07, 6.45) is 9.17. The molecule has 0 aromatic heterocycles. The monoisotopic (exact) mass is 152 g/mol. The molecular formula is C11H20. The lowest BCUT2D eigenvalue weighted by atomic mass is 10.1. The summed E-state index contributed by atoms with van der Waals surface area (Å²) in [4.78, 5) is 0. The summed E-state index contributed by atoms with van der Waals surface area (Å²) in [6.45, 7) is 8.73. The van der Waals surface area contributed by atoms with E-state index in [1.807, 2.05) is 0 Å². The predicted octanol–water partition coefficient (Wildman–Crippen LogP) is 3.95. The molecule has 0 heteroatoms. The van der Waals surface area contributed by atoms with Crippen LogP contribution in [0.15, 0.2) is 23.8 Å². The van der Waals surface area contributed by atoms with Crippen LogP contribution in [-0.2, 0) is 0 Å². The van der Waals surface area contributed by atoms with E-state index >= 15 is 0 Å².